The fourth-order valence-electron chi connectivity index (χ4n) is 3.77. The Morgan fingerprint density at radius 2 is 1.80 bits per heavy atom. The third kappa shape index (κ3) is 3.01. The number of benzene rings is 1. The second-order valence-corrected chi connectivity index (χ2v) is 6.63. The van der Waals surface area contributed by atoms with Gasteiger partial charge in [-0.25, -0.2) is 0 Å². The summed E-state index contributed by atoms with van der Waals surface area (Å²) >= 11 is 0. The van der Waals surface area contributed by atoms with Crippen LogP contribution in [0.2, 0.25) is 0 Å². The summed E-state index contributed by atoms with van der Waals surface area (Å²) in [5.74, 6) is 1.72. The lowest BCUT2D eigenvalue weighted by atomic mass is 9.83. The van der Waals surface area contributed by atoms with E-state index in [2.05, 4.69) is 25.1 Å². The zero-order valence-electron chi connectivity index (χ0n) is 12.6. The molecule has 2 nitrogen and oxygen atoms in total. The van der Waals surface area contributed by atoms with Gasteiger partial charge in [0.15, 0.2) is 0 Å². The smallest absolute Gasteiger partial charge is 0.123 e. The van der Waals surface area contributed by atoms with Gasteiger partial charge in [-0.2, -0.15) is 0 Å². The van der Waals surface area contributed by atoms with Crippen LogP contribution in [0.3, 0.4) is 0 Å². The molecule has 0 aromatic heterocycles. The Hall–Kier alpha value is -1.02. The van der Waals surface area contributed by atoms with E-state index in [0.717, 1.165) is 12.2 Å². The Morgan fingerprint density at radius 3 is 2.55 bits per heavy atom. The van der Waals surface area contributed by atoms with Crippen LogP contribution in [0.25, 0.3) is 0 Å². The molecular weight excluding hydrogens is 246 g/mol. The van der Waals surface area contributed by atoms with Gasteiger partial charge in [0.25, 0.3) is 0 Å². The van der Waals surface area contributed by atoms with Gasteiger partial charge in [-0.1, -0.05) is 44.2 Å². The predicted molar refractivity (Wildman–Crippen MR) is 83.0 cm³/mol. The average molecular weight is 273 g/mol. The SMILES string of the molecule is CC1Cc2cc(C(N)C3CCCCCCC3)ccc2O1. The zero-order chi connectivity index (χ0) is 13.9. The summed E-state index contributed by atoms with van der Waals surface area (Å²) in [7, 11) is 0. The zero-order valence-corrected chi connectivity index (χ0v) is 12.6. The highest BCUT2D eigenvalue weighted by Gasteiger charge is 2.24. The Balaban J connectivity index is 1.73. The molecule has 0 bridgehead atoms. The van der Waals surface area contributed by atoms with E-state index in [1.54, 1.807) is 0 Å². The van der Waals surface area contributed by atoms with Crippen LogP contribution in [0, 0.1) is 5.92 Å². The van der Waals surface area contributed by atoms with Crippen molar-refractivity contribution < 1.29 is 4.74 Å². The maximum Gasteiger partial charge on any atom is 0.123 e. The molecule has 1 heterocycles. The van der Waals surface area contributed by atoms with Crippen molar-refractivity contribution in [2.45, 2.75) is 70.4 Å². The lowest BCUT2D eigenvalue weighted by Crippen LogP contribution is -2.22. The van der Waals surface area contributed by atoms with E-state index in [0.29, 0.717) is 12.0 Å². The Kier molecular flexibility index (Phi) is 4.30. The van der Waals surface area contributed by atoms with Crippen molar-refractivity contribution in [3.8, 4) is 5.75 Å². The van der Waals surface area contributed by atoms with Crippen LogP contribution in [0.4, 0.5) is 0 Å². The molecule has 2 atom stereocenters. The number of fused-ring (bicyclic) bond motifs is 1. The van der Waals surface area contributed by atoms with E-state index < -0.39 is 0 Å². The fourth-order valence-corrected chi connectivity index (χ4v) is 3.77. The van der Waals surface area contributed by atoms with Gasteiger partial charge in [0, 0.05) is 12.5 Å². The quantitative estimate of drug-likeness (QED) is 0.868. The Bertz CT molecular complexity index is 449. The van der Waals surface area contributed by atoms with Gasteiger partial charge in [-0.3, -0.25) is 0 Å². The molecule has 3 rings (SSSR count). The van der Waals surface area contributed by atoms with Gasteiger partial charge in [0.05, 0.1) is 0 Å². The highest BCUT2D eigenvalue weighted by molar-refractivity contribution is 5.41. The minimum atomic E-state index is 0.203. The maximum atomic E-state index is 6.58. The normalized spacial score (nSPS) is 25.4. The second-order valence-electron chi connectivity index (χ2n) is 6.63. The van der Waals surface area contributed by atoms with Crippen LogP contribution in [0.15, 0.2) is 18.2 Å². The van der Waals surface area contributed by atoms with Crippen LogP contribution < -0.4 is 10.5 Å². The molecule has 1 saturated carbocycles. The van der Waals surface area contributed by atoms with Gasteiger partial charge >= 0.3 is 0 Å². The molecule has 0 saturated heterocycles. The molecule has 1 aromatic carbocycles. The number of hydrogen-bond acceptors (Lipinski definition) is 2. The first-order valence-corrected chi connectivity index (χ1v) is 8.29. The molecule has 110 valence electrons. The van der Waals surface area contributed by atoms with Gasteiger partial charge in [0.2, 0.25) is 0 Å². The topological polar surface area (TPSA) is 35.2 Å². The van der Waals surface area contributed by atoms with Crippen molar-refractivity contribution in [1.29, 1.82) is 0 Å². The summed E-state index contributed by atoms with van der Waals surface area (Å²) < 4.78 is 5.78. The van der Waals surface area contributed by atoms with Crippen LogP contribution in [-0.2, 0) is 6.42 Å². The standard InChI is InChI=1S/C18H27NO/c1-13-11-16-12-15(9-10-17(16)20-13)18(19)14-7-5-3-2-4-6-8-14/h9-10,12-14,18H,2-8,11,19H2,1H3. The van der Waals surface area contributed by atoms with Crippen LogP contribution in [0.1, 0.15) is 69.0 Å². The molecule has 2 heteroatoms. The molecular formula is C18H27NO. The predicted octanol–water partition coefficient (Wildman–Crippen LogP) is 4.37. The van der Waals surface area contributed by atoms with E-state index in [9.17, 15) is 0 Å². The van der Waals surface area contributed by atoms with E-state index >= 15 is 0 Å². The van der Waals surface area contributed by atoms with Crippen molar-refractivity contribution in [2.24, 2.45) is 11.7 Å². The minimum absolute atomic E-state index is 0.203. The summed E-state index contributed by atoms with van der Waals surface area (Å²) in [5.41, 5.74) is 9.23. The van der Waals surface area contributed by atoms with Gasteiger partial charge < -0.3 is 10.5 Å². The van der Waals surface area contributed by atoms with Crippen molar-refractivity contribution in [3.05, 3.63) is 29.3 Å². The largest absolute Gasteiger partial charge is 0.490 e. The Labute approximate surface area is 122 Å². The maximum absolute atomic E-state index is 6.58. The molecule has 20 heavy (non-hydrogen) atoms. The van der Waals surface area contributed by atoms with Crippen LogP contribution >= 0.6 is 0 Å². The summed E-state index contributed by atoms with van der Waals surface area (Å²) in [6.07, 6.45) is 10.8. The minimum Gasteiger partial charge on any atom is -0.490 e. The number of nitrogens with two attached hydrogens (primary N) is 1. The highest BCUT2D eigenvalue weighted by Crippen LogP contribution is 2.35. The first-order valence-electron chi connectivity index (χ1n) is 8.29. The molecule has 1 aliphatic carbocycles. The van der Waals surface area contributed by atoms with Crippen molar-refractivity contribution in [3.63, 3.8) is 0 Å². The third-order valence-electron chi connectivity index (χ3n) is 4.96. The lowest BCUT2D eigenvalue weighted by Gasteiger charge is -2.26. The molecule has 2 aliphatic rings. The summed E-state index contributed by atoms with van der Waals surface area (Å²) in [4.78, 5) is 0. The highest BCUT2D eigenvalue weighted by atomic mass is 16.5. The van der Waals surface area contributed by atoms with E-state index in [1.807, 2.05) is 0 Å². The van der Waals surface area contributed by atoms with Crippen molar-refractivity contribution >= 4 is 0 Å². The van der Waals surface area contributed by atoms with E-state index in [4.69, 9.17) is 10.5 Å². The van der Waals surface area contributed by atoms with Gasteiger partial charge in [0.1, 0.15) is 11.9 Å². The van der Waals surface area contributed by atoms with Crippen molar-refractivity contribution in [1.82, 2.24) is 0 Å². The third-order valence-corrected chi connectivity index (χ3v) is 4.96. The van der Waals surface area contributed by atoms with Crippen molar-refractivity contribution in [2.75, 3.05) is 0 Å². The lowest BCUT2D eigenvalue weighted by molar-refractivity contribution is 0.254. The van der Waals surface area contributed by atoms with Crippen LogP contribution in [-0.4, -0.2) is 6.10 Å². The van der Waals surface area contributed by atoms with Crippen LogP contribution in [0.5, 0.6) is 5.75 Å². The summed E-state index contributed by atoms with van der Waals surface area (Å²) in [6, 6.07) is 6.80. The van der Waals surface area contributed by atoms with E-state index in [-0.39, 0.29) is 6.04 Å². The van der Waals surface area contributed by atoms with Gasteiger partial charge in [-0.15, -0.1) is 0 Å². The first kappa shape index (κ1) is 13.9. The molecule has 1 aromatic rings. The number of ether oxygens (including phenoxy) is 1. The Morgan fingerprint density at radius 1 is 1.10 bits per heavy atom. The number of rotatable bonds is 2. The van der Waals surface area contributed by atoms with E-state index in [1.165, 1.54) is 56.1 Å². The summed E-state index contributed by atoms with van der Waals surface area (Å²) in [6.45, 7) is 2.13. The molecule has 0 spiro atoms. The molecule has 1 fully saturated rings. The number of hydrogen-bond donors (Lipinski definition) is 1. The molecule has 0 amide bonds. The fraction of sp³-hybridized carbons (Fsp3) is 0.667. The monoisotopic (exact) mass is 273 g/mol. The second kappa shape index (κ2) is 6.17. The average Bonchev–Trinajstić information content (AvgIpc) is 2.76. The molecule has 2 unspecified atom stereocenters. The molecule has 1 aliphatic heterocycles. The van der Waals surface area contributed by atoms with Gasteiger partial charge in [-0.05, 0) is 42.9 Å². The first-order chi connectivity index (χ1) is 9.74. The molecule has 2 N–H and O–H groups in total. The molecule has 0 radical (unpaired) electrons. The summed E-state index contributed by atoms with van der Waals surface area (Å²) in [5, 5.41) is 0.